The molecule has 0 bridgehead atoms. The maximum absolute atomic E-state index is 8.89. The topological polar surface area (TPSA) is 167 Å². The molecule has 0 atom stereocenters. The summed E-state index contributed by atoms with van der Waals surface area (Å²) in [6, 6.07) is 0. The van der Waals surface area contributed by atoms with E-state index in [1.54, 1.807) is 0 Å². The van der Waals surface area contributed by atoms with Gasteiger partial charge in [-0.3, -0.25) is 0 Å². The molecule has 15 heavy (non-hydrogen) atoms. The second kappa shape index (κ2) is 29.2. The third-order valence-electron chi connectivity index (χ3n) is 0. The maximum Gasteiger partial charge on any atom is 3.00 e. The van der Waals surface area contributed by atoms with Crippen LogP contribution in [-0.2, 0) is 36.8 Å². The number of hydrogen-bond acceptors (Lipinski definition) is 8. The minimum absolute atomic E-state index is 0. The zero-order chi connectivity index (χ0) is 12.7. The first-order chi connectivity index (χ1) is 6.20. The monoisotopic (exact) mass is 407 g/mol. The van der Waals surface area contributed by atoms with Crippen LogP contribution in [-0.4, -0.2) is 23.1 Å². The van der Waals surface area contributed by atoms with E-state index < -0.39 is 17.9 Å². The molecule has 9 heteroatoms. The fraction of sp³-hybridized carbons (Fsp3) is 0.500. The molecule has 94 valence electrons. The number of nitrogens with two attached hydrogens (primary N) is 1. The van der Waals surface area contributed by atoms with Crippen LogP contribution < -0.4 is 21.2 Å². The van der Waals surface area contributed by atoms with Crippen LogP contribution >= 0.6 is 0 Å². The SMILES string of the molecule is CC(=O)[O-].CC(=O)[O-].CC(=O)[O-].NO.[Au+3]. The van der Waals surface area contributed by atoms with Gasteiger partial charge in [-0.1, -0.05) is 0 Å². The third-order valence-corrected chi connectivity index (χ3v) is 0. The van der Waals surface area contributed by atoms with Crippen molar-refractivity contribution in [2.45, 2.75) is 20.8 Å². The minimum atomic E-state index is -1.08. The number of rotatable bonds is 0. The van der Waals surface area contributed by atoms with E-state index in [-0.39, 0.29) is 22.4 Å². The summed E-state index contributed by atoms with van der Waals surface area (Å²) in [5, 5.41) is 33.2. The zero-order valence-corrected chi connectivity index (χ0v) is 10.4. The van der Waals surface area contributed by atoms with Gasteiger partial charge in [-0.2, -0.15) is 0 Å². The largest absolute Gasteiger partial charge is 3.00 e. The molecular weight excluding hydrogens is 395 g/mol. The van der Waals surface area contributed by atoms with Crippen LogP contribution in [0.15, 0.2) is 0 Å². The first-order valence-electron chi connectivity index (χ1n) is 2.98. The van der Waals surface area contributed by atoms with Gasteiger partial charge >= 0.3 is 22.4 Å². The van der Waals surface area contributed by atoms with Crippen molar-refractivity contribution in [3.63, 3.8) is 0 Å². The fourth-order valence-electron chi connectivity index (χ4n) is 0. The van der Waals surface area contributed by atoms with Gasteiger partial charge in [-0.05, 0) is 20.8 Å². The fourth-order valence-corrected chi connectivity index (χ4v) is 0. The van der Waals surface area contributed by atoms with E-state index in [2.05, 4.69) is 5.90 Å². The Morgan fingerprint density at radius 2 is 0.800 bits per heavy atom. The van der Waals surface area contributed by atoms with Crippen LogP contribution in [0.2, 0.25) is 0 Å². The quantitative estimate of drug-likeness (QED) is 0.300. The molecule has 0 aromatic carbocycles. The molecule has 0 aliphatic heterocycles. The van der Waals surface area contributed by atoms with E-state index in [1.807, 2.05) is 0 Å². The van der Waals surface area contributed by atoms with Crippen LogP contribution in [0.25, 0.3) is 0 Å². The molecular formula is C6H12AuNO7. The first-order valence-corrected chi connectivity index (χ1v) is 2.98. The molecule has 0 aliphatic rings. The van der Waals surface area contributed by atoms with Crippen molar-refractivity contribution in [2.24, 2.45) is 5.90 Å². The molecule has 0 rings (SSSR count). The first kappa shape index (κ1) is 29.2. The predicted molar refractivity (Wildman–Crippen MR) is 38.0 cm³/mol. The molecule has 0 heterocycles. The molecule has 0 unspecified atom stereocenters. The van der Waals surface area contributed by atoms with E-state index >= 15 is 0 Å². The summed E-state index contributed by atoms with van der Waals surface area (Å²) in [6.45, 7) is 2.92. The van der Waals surface area contributed by atoms with Gasteiger partial charge in [0.2, 0.25) is 0 Å². The van der Waals surface area contributed by atoms with Crippen molar-refractivity contribution in [1.29, 1.82) is 0 Å². The molecule has 0 fully saturated rings. The molecule has 0 spiro atoms. The van der Waals surface area contributed by atoms with Crippen molar-refractivity contribution in [3.8, 4) is 0 Å². The molecule has 0 aromatic rings. The van der Waals surface area contributed by atoms with Gasteiger partial charge in [0.05, 0.1) is 0 Å². The van der Waals surface area contributed by atoms with Crippen LogP contribution in [0, 0.1) is 0 Å². The van der Waals surface area contributed by atoms with Gasteiger partial charge in [0.1, 0.15) is 0 Å². The molecule has 0 amide bonds. The smallest absolute Gasteiger partial charge is 0.550 e. The summed E-state index contributed by atoms with van der Waals surface area (Å²) in [4.78, 5) is 26.7. The Labute approximate surface area is 102 Å². The van der Waals surface area contributed by atoms with E-state index in [9.17, 15) is 0 Å². The van der Waals surface area contributed by atoms with Crippen LogP contribution in [0.3, 0.4) is 0 Å². The summed E-state index contributed by atoms with van der Waals surface area (Å²) < 4.78 is 0. The summed E-state index contributed by atoms with van der Waals surface area (Å²) in [5.41, 5.74) is 0. The average Bonchev–Trinajstić information content (AvgIpc) is 1.86. The average molecular weight is 407 g/mol. The molecule has 8 nitrogen and oxygen atoms in total. The standard InChI is InChI=1S/3C2H4O2.Au.H3NO/c3*1-2(3)4;;1-2/h3*1H3,(H,3,4);;2H,1H2/q;;;+3;/p-3. The van der Waals surface area contributed by atoms with E-state index in [0.717, 1.165) is 20.8 Å². The number of carbonyl (C=O) groups is 3. The van der Waals surface area contributed by atoms with Crippen molar-refractivity contribution in [2.75, 3.05) is 0 Å². The van der Waals surface area contributed by atoms with E-state index in [4.69, 9.17) is 34.9 Å². The van der Waals surface area contributed by atoms with Crippen LogP contribution in [0.4, 0.5) is 0 Å². The van der Waals surface area contributed by atoms with Gasteiger partial charge in [0.15, 0.2) is 0 Å². The third kappa shape index (κ3) is 1850. The maximum atomic E-state index is 8.89. The normalized spacial score (nSPS) is 5.40. The summed E-state index contributed by atoms with van der Waals surface area (Å²) in [5.74, 6) is 0.250. The Bertz CT molecular complexity index is 121. The number of hydrogen-bond donors (Lipinski definition) is 2. The molecule has 0 saturated heterocycles. The van der Waals surface area contributed by atoms with E-state index in [1.165, 1.54) is 0 Å². The van der Waals surface area contributed by atoms with Gasteiger partial charge in [-0.15, -0.1) is 0 Å². The van der Waals surface area contributed by atoms with Gasteiger partial charge in [-0.25, -0.2) is 5.90 Å². The van der Waals surface area contributed by atoms with Crippen molar-refractivity contribution < 1.29 is 57.3 Å². The van der Waals surface area contributed by atoms with Crippen molar-refractivity contribution >= 4 is 17.9 Å². The van der Waals surface area contributed by atoms with Gasteiger partial charge in [0, 0.05) is 17.9 Å². The zero-order valence-electron chi connectivity index (χ0n) is 8.28. The summed E-state index contributed by atoms with van der Waals surface area (Å²) >= 11 is 0. The molecule has 0 aromatic heterocycles. The molecule has 0 aliphatic carbocycles. The second-order valence-electron chi connectivity index (χ2n) is 1.47. The Balaban J connectivity index is -0.0000000298. The summed E-state index contributed by atoms with van der Waals surface area (Å²) in [7, 11) is 0. The Morgan fingerprint density at radius 1 is 0.800 bits per heavy atom. The number of carboxylic acids is 3. The Morgan fingerprint density at radius 3 is 0.800 bits per heavy atom. The second-order valence-corrected chi connectivity index (χ2v) is 1.47. The molecule has 3 N–H and O–H groups in total. The molecule has 0 radical (unpaired) electrons. The summed E-state index contributed by atoms with van der Waals surface area (Å²) in [6.07, 6.45) is 0. The van der Waals surface area contributed by atoms with Crippen LogP contribution in [0.5, 0.6) is 0 Å². The number of carbonyl (C=O) groups excluding carboxylic acids is 3. The van der Waals surface area contributed by atoms with Crippen LogP contribution in [0.1, 0.15) is 20.8 Å². The van der Waals surface area contributed by atoms with Crippen molar-refractivity contribution in [1.82, 2.24) is 0 Å². The Kier molecular flexibility index (Phi) is 56.9. The number of aliphatic carboxylic acids is 3. The molecule has 0 saturated carbocycles. The van der Waals surface area contributed by atoms with Crippen molar-refractivity contribution in [3.05, 3.63) is 0 Å². The predicted octanol–water partition coefficient (Wildman–Crippen LogP) is -4.40. The van der Waals surface area contributed by atoms with Gasteiger partial charge in [0.25, 0.3) is 0 Å². The van der Waals surface area contributed by atoms with Gasteiger partial charge < -0.3 is 34.9 Å². The van der Waals surface area contributed by atoms with E-state index in [0.29, 0.717) is 0 Å². The Hall–Kier alpha value is -0.930. The number of carboxylic acid groups (broad SMARTS) is 3. The minimum Gasteiger partial charge on any atom is -0.550 e.